The zero-order valence-electron chi connectivity index (χ0n) is 15.7. The first-order valence-electron chi connectivity index (χ1n) is 8.97. The minimum absolute atomic E-state index is 0.298. The van der Waals surface area contributed by atoms with Crippen LogP contribution in [0.25, 0.3) is 0 Å². The molecular weight excluding hydrogens is 346 g/mol. The van der Waals surface area contributed by atoms with Gasteiger partial charge in [0.1, 0.15) is 5.76 Å². The molecule has 1 N–H and O–H groups in total. The Balaban J connectivity index is 1.74. The van der Waals surface area contributed by atoms with Crippen molar-refractivity contribution in [3.63, 3.8) is 0 Å². The molecule has 1 fully saturated rings. The van der Waals surface area contributed by atoms with Crippen molar-refractivity contribution >= 4 is 23.4 Å². The summed E-state index contributed by atoms with van der Waals surface area (Å²) in [4.78, 5) is 40.7. The molecule has 2 aromatic rings. The van der Waals surface area contributed by atoms with Crippen LogP contribution in [0.1, 0.15) is 36.9 Å². The van der Waals surface area contributed by atoms with Crippen LogP contribution in [0.5, 0.6) is 0 Å². The lowest BCUT2D eigenvalue weighted by atomic mass is 9.99. The maximum Gasteiger partial charge on any atom is 0.325 e. The molecule has 7 nitrogen and oxygen atoms in total. The molecule has 1 atom stereocenters. The number of rotatable bonds is 7. The number of imide groups is 1. The van der Waals surface area contributed by atoms with E-state index in [-0.39, 0.29) is 12.3 Å². The largest absolute Gasteiger partial charge is 0.466 e. The molecule has 3 rings (SSSR count). The van der Waals surface area contributed by atoms with Gasteiger partial charge in [0, 0.05) is 24.3 Å². The number of nitrogens with one attached hydrogen (secondary N) is 1. The lowest BCUT2D eigenvalue weighted by molar-refractivity contribution is -0.131. The molecule has 1 aromatic heterocycles. The summed E-state index contributed by atoms with van der Waals surface area (Å²) in [7, 11) is 0. The van der Waals surface area contributed by atoms with Gasteiger partial charge < -0.3 is 14.6 Å². The van der Waals surface area contributed by atoms with E-state index in [0.717, 1.165) is 23.7 Å². The number of ketones is 1. The summed E-state index contributed by atoms with van der Waals surface area (Å²) in [5.74, 6) is -0.469. The lowest BCUT2D eigenvalue weighted by Gasteiger charge is -2.21. The molecule has 0 radical (unpaired) electrons. The molecule has 1 aromatic carbocycles. The van der Waals surface area contributed by atoms with Crippen molar-refractivity contribution in [1.29, 1.82) is 0 Å². The number of carbonyl (C=O) groups excluding carboxylic acids is 3. The number of Topliss-reactive ketones (excluding diaryl/α,β-unsaturated/α-hetero) is 1. The number of amides is 3. The average molecular weight is 369 g/mol. The molecule has 2 heterocycles. The maximum atomic E-state index is 12.7. The second-order valence-corrected chi connectivity index (χ2v) is 6.57. The summed E-state index contributed by atoms with van der Waals surface area (Å²) in [6, 6.07) is 9.85. The Morgan fingerprint density at radius 2 is 1.81 bits per heavy atom. The highest BCUT2D eigenvalue weighted by molar-refractivity contribution is 6.11. The second kappa shape index (κ2) is 7.26. The first kappa shape index (κ1) is 18.7. The number of furan rings is 1. The Morgan fingerprint density at radius 3 is 2.37 bits per heavy atom. The van der Waals surface area contributed by atoms with E-state index in [1.54, 1.807) is 31.2 Å². The first-order valence-corrected chi connectivity index (χ1v) is 8.97. The monoisotopic (exact) mass is 369 g/mol. The van der Waals surface area contributed by atoms with E-state index in [9.17, 15) is 14.4 Å². The summed E-state index contributed by atoms with van der Waals surface area (Å²) in [6.07, 6.45) is 1.44. The van der Waals surface area contributed by atoms with Crippen LogP contribution in [0.4, 0.5) is 10.5 Å². The Labute approximate surface area is 157 Å². The van der Waals surface area contributed by atoms with Crippen LogP contribution < -0.4 is 10.2 Å². The third kappa shape index (κ3) is 3.32. The molecule has 0 saturated carbocycles. The van der Waals surface area contributed by atoms with E-state index in [2.05, 4.69) is 24.1 Å². The molecule has 3 amide bonds. The highest BCUT2D eigenvalue weighted by Gasteiger charge is 2.51. The Morgan fingerprint density at radius 1 is 1.15 bits per heavy atom. The number of hydrogen-bond donors (Lipinski definition) is 1. The van der Waals surface area contributed by atoms with Gasteiger partial charge in [0.25, 0.3) is 5.91 Å². The third-order valence-corrected chi connectivity index (χ3v) is 4.91. The number of carbonyl (C=O) groups is 3. The van der Waals surface area contributed by atoms with E-state index in [4.69, 9.17) is 4.42 Å². The number of nitrogens with zero attached hydrogens (tertiary/aromatic N) is 2. The zero-order chi connectivity index (χ0) is 19.6. The van der Waals surface area contributed by atoms with Gasteiger partial charge >= 0.3 is 6.03 Å². The van der Waals surface area contributed by atoms with Gasteiger partial charge in [0.15, 0.2) is 11.3 Å². The van der Waals surface area contributed by atoms with E-state index in [0.29, 0.717) is 11.3 Å². The number of urea groups is 1. The molecule has 0 aliphatic carbocycles. The first-order chi connectivity index (χ1) is 12.9. The second-order valence-electron chi connectivity index (χ2n) is 6.57. The van der Waals surface area contributed by atoms with Gasteiger partial charge in [-0.15, -0.1) is 0 Å². The predicted molar refractivity (Wildman–Crippen MR) is 101 cm³/mol. The summed E-state index contributed by atoms with van der Waals surface area (Å²) < 4.78 is 5.28. The van der Waals surface area contributed by atoms with Gasteiger partial charge in [-0.25, -0.2) is 4.79 Å². The van der Waals surface area contributed by atoms with E-state index in [1.807, 2.05) is 12.1 Å². The molecule has 27 heavy (non-hydrogen) atoms. The van der Waals surface area contributed by atoms with Crippen LogP contribution in [0, 0.1) is 0 Å². The molecule has 1 aliphatic rings. The standard InChI is InChI=1S/C20H23N3O4/c1-4-22(5-2)15-10-8-14(9-11-15)16(24)13-23-18(25)20(3,21-19(23)26)17-7-6-12-27-17/h6-12H,4-5,13H2,1-3H3,(H,21,26)/t20-/m0/s1. The number of benzene rings is 1. The smallest absolute Gasteiger partial charge is 0.325 e. The Kier molecular flexibility index (Phi) is 5.03. The molecular formula is C20H23N3O4. The quantitative estimate of drug-likeness (QED) is 0.599. The predicted octanol–water partition coefficient (Wildman–Crippen LogP) is 2.78. The van der Waals surface area contributed by atoms with Crippen molar-refractivity contribution < 1.29 is 18.8 Å². The molecule has 142 valence electrons. The van der Waals surface area contributed by atoms with Crippen molar-refractivity contribution in [2.45, 2.75) is 26.3 Å². The highest BCUT2D eigenvalue weighted by atomic mass is 16.3. The number of hydrogen-bond acceptors (Lipinski definition) is 5. The van der Waals surface area contributed by atoms with Gasteiger partial charge in [0.2, 0.25) is 0 Å². The Hall–Kier alpha value is -3.09. The SMILES string of the molecule is CCN(CC)c1ccc(C(=O)CN2C(=O)N[C@@](C)(c3ccco3)C2=O)cc1. The minimum Gasteiger partial charge on any atom is -0.466 e. The maximum absolute atomic E-state index is 12.7. The average Bonchev–Trinajstić information content (AvgIpc) is 3.28. The van der Waals surface area contributed by atoms with Crippen molar-refractivity contribution in [2.75, 3.05) is 24.5 Å². The van der Waals surface area contributed by atoms with E-state index >= 15 is 0 Å². The van der Waals surface area contributed by atoms with Crippen molar-refractivity contribution in [2.24, 2.45) is 0 Å². The molecule has 1 aliphatic heterocycles. The molecule has 1 saturated heterocycles. The van der Waals surface area contributed by atoms with E-state index < -0.39 is 17.5 Å². The van der Waals surface area contributed by atoms with Crippen molar-refractivity contribution in [1.82, 2.24) is 10.2 Å². The summed E-state index contributed by atoms with van der Waals surface area (Å²) in [5.41, 5.74) is 0.183. The van der Waals surface area contributed by atoms with Crippen LogP contribution in [0.2, 0.25) is 0 Å². The van der Waals surface area contributed by atoms with Crippen molar-refractivity contribution in [3.8, 4) is 0 Å². The fourth-order valence-electron chi connectivity index (χ4n) is 3.25. The minimum atomic E-state index is -1.30. The van der Waals surface area contributed by atoms with Crippen LogP contribution in [0.15, 0.2) is 47.1 Å². The third-order valence-electron chi connectivity index (χ3n) is 4.91. The molecule has 7 heteroatoms. The van der Waals surface area contributed by atoms with E-state index in [1.165, 1.54) is 6.26 Å². The fourth-order valence-corrected chi connectivity index (χ4v) is 3.25. The highest BCUT2D eigenvalue weighted by Crippen LogP contribution is 2.29. The van der Waals surface area contributed by atoms with Crippen LogP contribution in [0.3, 0.4) is 0 Å². The molecule has 0 bridgehead atoms. The van der Waals surface area contributed by atoms with Crippen LogP contribution in [-0.4, -0.2) is 42.3 Å². The number of anilines is 1. The fraction of sp³-hybridized carbons (Fsp3) is 0.350. The molecule has 0 unspecified atom stereocenters. The summed E-state index contributed by atoms with van der Waals surface area (Å²) in [6.45, 7) is 7.13. The normalized spacial score (nSPS) is 19.3. The topological polar surface area (TPSA) is 82.9 Å². The van der Waals surface area contributed by atoms with Gasteiger partial charge in [-0.05, 0) is 57.2 Å². The van der Waals surface area contributed by atoms with Crippen LogP contribution >= 0.6 is 0 Å². The van der Waals surface area contributed by atoms with Gasteiger partial charge in [-0.3, -0.25) is 14.5 Å². The van der Waals surface area contributed by atoms with Crippen molar-refractivity contribution in [3.05, 3.63) is 54.0 Å². The Bertz CT molecular complexity index is 841. The van der Waals surface area contributed by atoms with Gasteiger partial charge in [-0.1, -0.05) is 0 Å². The van der Waals surface area contributed by atoms with Gasteiger partial charge in [0.05, 0.1) is 12.8 Å². The molecule has 0 spiro atoms. The zero-order valence-corrected chi connectivity index (χ0v) is 15.7. The summed E-state index contributed by atoms with van der Waals surface area (Å²) in [5, 5.41) is 2.61. The summed E-state index contributed by atoms with van der Waals surface area (Å²) >= 11 is 0. The van der Waals surface area contributed by atoms with Crippen LogP contribution in [-0.2, 0) is 10.3 Å². The lowest BCUT2D eigenvalue weighted by Crippen LogP contribution is -2.41. The van der Waals surface area contributed by atoms with Gasteiger partial charge in [-0.2, -0.15) is 0 Å².